The van der Waals surface area contributed by atoms with Crippen LogP contribution in [0.5, 0.6) is 0 Å². The van der Waals surface area contributed by atoms with E-state index in [1.165, 1.54) is 0 Å². The maximum absolute atomic E-state index is 12.2. The van der Waals surface area contributed by atoms with Crippen LogP contribution in [0.1, 0.15) is 20.8 Å². The third kappa shape index (κ3) is 4.41. The van der Waals surface area contributed by atoms with Crippen molar-refractivity contribution in [3.8, 4) is 11.4 Å². The molecule has 0 radical (unpaired) electrons. The molecular weight excluding hydrogens is 336 g/mol. The zero-order chi connectivity index (χ0) is 18.7. The first-order valence-corrected chi connectivity index (χ1v) is 8.54. The summed E-state index contributed by atoms with van der Waals surface area (Å²) in [5.74, 6) is 1.23. The maximum atomic E-state index is 12.2. The van der Waals surface area contributed by atoms with E-state index in [-0.39, 0.29) is 17.5 Å². The van der Waals surface area contributed by atoms with Gasteiger partial charge in [0.1, 0.15) is 5.82 Å². The maximum Gasteiger partial charge on any atom is 0.409 e. The summed E-state index contributed by atoms with van der Waals surface area (Å²) < 4.78 is 10.2. The molecule has 0 bridgehead atoms. The lowest BCUT2D eigenvalue weighted by Gasteiger charge is -2.35. The number of anilines is 2. The molecule has 1 fully saturated rings. The molecule has 140 valence electrons. The van der Waals surface area contributed by atoms with Gasteiger partial charge in [0.05, 0.1) is 6.61 Å². The molecule has 1 saturated heterocycles. The quantitative estimate of drug-likeness (QED) is 0.885. The third-order valence-corrected chi connectivity index (χ3v) is 3.94. The fourth-order valence-electron chi connectivity index (χ4n) is 2.57. The van der Waals surface area contributed by atoms with Gasteiger partial charge in [-0.05, 0) is 17.5 Å². The third-order valence-electron chi connectivity index (χ3n) is 3.94. The van der Waals surface area contributed by atoms with E-state index in [2.05, 4.69) is 20.0 Å². The smallest absolute Gasteiger partial charge is 0.409 e. The molecule has 1 amide bonds. The normalized spacial score (nSPS) is 15.2. The minimum atomic E-state index is -0.261. The highest BCUT2D eigenvalue weighted by Gasteiger charge is 2.24. The van der Waals surface area contributed by atoms with Crippen molar-refractivity contribution in [1.82, 2.24) is 20.0 Å². The molecule has 0 aliphatic carbocycles. The summed E-state index contributed by atoms with van der Waals surface area (Å²) in [7, 11) is 0. The number of amides is 1. The van der Waals surface area contributed by atoms with E-state index in [4.69, 9.17) is 15.0 Å². The van der Waals surface area contributed by atoms with Gasteiger partial charge in [0.25, 0.3) is 0 Å². The first-order chi connectivity index (χ1) is 12.3. The Hall–Kier alpha value is -2.84. The van der Waals surface area contributed by atoms with Crippen LogP contribution < -0.4 is 10.6 Å². The zero-order valence-corrected chi connectivity index (χ0v) is 15.3. The minimum absolute atomic E-state index is 0.0285. The molecule has 0 saturated carbocycles. The molecule has 0 aromatic carbocycles. The van der Waals surface area contributed by atoms with Gasteiger partial charge in [0.15, 0.2) is 0 Å². The van der Waals surface area contributed by atoms with Crippen molar-refractivity contribution in [3.63, 3.8) is 0 Å². The predicted molar refractivity (Wildman–Crippen MR) is 96.5 cm³/mol. The van der Waals surface area contributed by atoms with Crippen LogP contribution >= 0.6 is 0 Å². The summed E-state index contributed by atoms with van der Waals surface area (Å²) in [4.78, 5) is 24.4. The molecule has 9 nitrogen and oxygen atoms in total. The molecule has 0 atom stereocenters. The van der Waals surface area contributed by atoms with Crippen LogP contribution in [-0.2, 0) is 4.74 Å². The van der Waals surface area contributed by atoms with E-state index in [1.807, 2.05) is 26.8 Å². The van der Waals surface area contributed by atoms with E-state index < -0.39 is 0 Å². The summed E-state index contributed by atoms with van der Waals surface area (Å²) >= 11 is 0. The van der Waals surface area contributed by atoms with Crippen LogP contribution in [-0.4, -0.2) is 58.9 Å². The van der Waals surface area contributed by atoms with Crippen LogP contribution in [0.25, 0.3) is 11.4 Å². The van der Waals surface area contributed by atoms with Gasteiger partial charge in [-0.15, -0.1) is 0 Å². The Labute approximate surface area is 152 Å². The largest absolute Gasteiger partial charge is 0.449 e. The lowest BCUT2D eigenvalue weighted by atomic mass is 9.99. The number of aromatic nitrogens is 3. The molecule has 2 aromatic rings. The first-order valence-electron chi connectivity index (χ1n) is 8.54. The number of carbonyl (C=O) groups excluding carboxylic acids is 1. The second-order valence-corrected chi connectivity index (χ2v) is 7.45. The molecule has 0 spiro atoms. The summed E-state index contributed by atoms with van der Waals surface area (Å²) in [6.45, 7) is 9.04. The Bertz CT molecular complexity index is 762. The van der Waals surface area contributed by atoms with Crippen molar-refractivity contribution in [3.05, 3.63) is 18.3 Å². The van der Waals surface area contributed by atoms with Gasteiger partial charge in [0.2, 0.25) is 5.82 Å². The topological polar surface area (TPSA) is 111 Å². The highest BCUT2D eigenvalue weighted by Crippen LogP contribution is 2.22. The Balaban J connectivity index is 1.59. The standard InChI is InChI=1S/C17H24N6O3/c1-17(2,3)11-25-16(24)23-8-6-22(7-9-23)13-10-12(4-5-19-13)14-20-15(18)26-21-14/h4-5,10H,6-9,11H2,1-3H3,(H2,18,20,21). The number of hydrogen-bond acceptors (Lipinski definition) is 8. The SMILES string of the molecule is CC(C)(C)COC(=O)N1CCN(c2cc(-c3noc(N)n3)ccn2)CC1. The lowest BCUT2D eigenvalue weighted by molar-refractivity contribution is 0.0707. The molecule has 2 aromatic heterocycles. The van der Waals surface area contributed by atoms with Crippen LogP contribution in [0.3, 0.4) is 0 Å². The molecule has 26 heavy (non-hydrogen) atoms. The Morgan fingerprint density at radius 2 is 2.04 bits per heavy atom. The second-order valence-electron chi connectivity index (χ2n) is 7.45. The number of carbonyl (C=O) groups is 1. The van der Waals surface area contributed by atoms with Gasteiger partial charge >= 0.3 is 12.1 Å². The minimum Gasteiger partial charge on any atom is -0.449 e. The van der Waals surface area contributed by atoms with Crippen molar-refractivity contribution in [2.45, 2.75) is 20.8 Å². The average molecular weight is 360 g/mol. The molecule has 1 aliphatic rings. The molecular formula is C17H24N6O3. The van der Waals surface area contributed by atoms with Gasteiger partial charge in [-0.1, -0.05) is 25.9 Å². The van der Waals surface area contributed by atoms with Gasteiger partial charge in [-0.3, -0.25) is 0 Å². The predicted octanol–water partition coefficient (Wildman–Crippen LogP) is 2.02. The number of piperazine rings is 1. The van der Waals surface area contributed by atoms with Gasteiger partial charge in [0, 0.05) is 37.9 Å². The van der Waals surface area contributed by atoms with E-state index in [9.17, 15) is 4.79 Å². The highest BCUT2D eigenvalue weighted by atomic mass is 16.6. The van der Waals surface area contributed by atoms with Crippen LogP contribution in [0.15, 0.2) is 22.9 Å². The summed E-state index contributed by atoms with van der Waals surface area (Å²) in [6, 6.07) is 3.71. The number of nitrogen functional groups attached to an aromatic ring is 1. The van der Waals surface area contributed by atoms with Crippen molar-refractivity contribution in [2.75, 3.05) is 43.4 Å². The number of hydrogen-bond donors (Lipinski definition) is 1. The molecule has 0 unspecified atom stereocenters. The molecule has 1 aliphatic heterocycles. The number of rotatable bonds is 3. The summed E-state index contributed by atoms with van der Waals surface area (Å²) in [5.41, 5.74) is 6.21. The van der Waals surface area contributed by atoms with Crippen molar-refractivity contribution < 1.29 is 14.1 Å². The van der Waals surface area contributed by atoms with Crippen LogP contribution in [0.2, 0.25) is 0 Å². The monoisotopic (exact) mass is 360 g/mol. The number of nitrogens with zero attached hydrogens (tertiary/aromatic N) is 5. The fourth-order valence-corrected chi connectivity index (χ4v) is 2.57. The Kier molecular flexibility index (Phi) is 4.97. The van der Waals surface area contributed by atoms with E-state index in [0.717, 1.165) is 11.4 Å². The van der Waals surface area contributed by atoms with Gasteiger partial charge < -0.3 is 24.8 Å². The zero-order valence-electron chi connectivity index (χ0n) is 15.3. The molecule has 2 N–H and O–H groups in total. The number of ether oxygens (including phenoxy) is 1. The van der Waals surface area contributed by atoms with Crippen molar-refractivity contribution in [2.24, 2.45) is 5.41 Å². The molecule has 3 rings (SSSR count). The second kappa shape index (κ2) is 7.19. The lowest BCUT2D eigenvalue weighted by Crippen LogP contribution is -2.49. The Morgan fingerprint density at radius 3 is 2.65 bits per heavy atom. The van der Waals surface area contributed by atoms with Crippen molar-refractivity contribution >= 4 is 17.9 Å². The Morgan fingerprint density at radius 1 is 1.31 bits per heavy atom. The molecule has 9 heteroatoms. The van der Waals surface area contributed by atoms with Gasteiger partial charge in [-0.25, -0.2) is 9.78 Å². The van der Waals surface area contributed by atoms with E-state index >= 15 is 0 Å². The van der Waals surface area contributed by atoms with Gasteiger partial charge in [-0.2, -0.15) is 4.98 Å². The fraction of sp³-hybridized carbons (Fsp3) is 0.529. The molecule has 3 heterocycles. The highest BCUT2D eigenvalue weighted by molar-refractivity contribution is 5.68. The van der Waals surface area contributed by atoms with E-state index in [0.29, 0.717) is 38.6 Å². The van der Waals surface area contributed by atoms with Crippen LogP contribution in [0.4, 0.5) is 16.6 Å². The summed E-state index contributed by atoms with van der Waals surface area (Å²) in [5, 5.41) is 3.82. The summed E-state index contributed by atoms with van der Waals surface area (Å²) in [6.07, 6.45) is 1.44. The first kappa shape index (κ1) is 18.0. The van der Waals surface area contributed by atoms with Crippen molar-refractivity contribution in [1.29, 1.82) is 0 Å². The number of nitrogens with two attached hydrogens (primary N) is 1. The number of pyridine rings is 1. The average Bonchev–Trinajstić information content (AvgIpc) is 3.06. The van der Waals surface area contributed by atoms with Crippen LogP contribution in [0, 0.1) is 5.41 Å². The van der Waals surface area contributed by atoms with E-state index in [1.54, 1.807) is 17.2 Å².